The molecule has 0 aliphatic rings. The largest absolute Gasteiger partial charge is 0.497 e. The molecule has 2 aromatic rings. The molecule has 0 bridgehead atoms. The van der Waals surface area contributed by atoms with Crippen molar-refractivity contribution in [3.63, 3.8) is 0 Å². The fraction of sp³-hybridized carbons (Fsp3) is 0.409. The van der Waals surface area contributed by atoms with E-state index >= 15 is 0 Å². The second-order valence-corrected chi connectivity index (χ2v) is 8.92. The van der Waals surface area contributed by atoms with Gasteiger partial charge in [-0.15, -0.1) is 0 Å². The van der Waals surface area contributed by atoms with Gasteiger partial charge in [0.25, 0.3) is 0 Å². The van der Waals surface area contributed by atoms with Gasteiger partial charge < -0.3 is 10.1 Å². The summed E-state index contributed by atoms with van der Waals surface area (Å²) in [7, 11) is -2.05. The second kappa shape index (κ2) is 9.78. The molecule has 0 fully saturated rings. The lowest BCUT2D eigenvalue weighted by Gasteiger charge is -2.31. The molecule has 0 unspecified atom stereocenters. The first kappa shape index (κ1) is 22.7. The zero-order valence-electron chi connectivity index (χ0n) is 17.7. The van der Waals surface area contributed by atoms with E-state index in [1.165, 1.54) is 4.31 Å². The number of benzene rings is 2. The van der Waals surface area contributed by atoms with Crippen molar-refractivity contribution in [2.45, 2.75) is 45.7 Å². The third kappa shape index (κ3) is 5.73. The average Bonchev–Trinajstić information content (AvgIpc) is 2.70. The van der Waals surface area contributed by atoms with Crippen molar-refractivity contribution in [2.75, 3.05) is 17.7 Å². The van der Waals surface area contributed by atoms with Crippen LogP contribution < -0.4 is 14.4 Å². The van der Waals surface area contributed by atoms with Crippen LogP contribution in [0.3, 0.4) is 0 Å². The maximum Gasteiger partial charge on any atom is 0.244 e. The summed E-state index contributed by atoms with van der Waals surface area (Å²) in [6, 6.07) is 13.6. The monoisotopic (exact) mass is 418 g/mol. The number of hydrogen-bond acceptors (Lipinski definition) is 4. The molecule has 0 aliphatic heterocycles. The molecule has 1 N–H and O–H groups in total. The maximum atomic E-state index is 13.1. The minimum absolute atomic E-state index is 0.220. The molecule has 2 rings (SSSR count). The minimum Gasteiger partial charge on any atom is -0.497 e. The quantitative estimate of drug-likeness (QED) is 0.672. The average molecular weight is 419 g/mol. The van der Waals surface area contributed by atoms with E-state index in [2.05, 4.69) is 5.32 Å². The lowest BCUT2D eigenvalue weighted by atomic mass is 10.0. The van der Waals surface area contributed by atoms with Gasteiger partial charge in [0, 0.05) is 0 Å². The summed E-state index contributed by atoms with van der Waals surface area (Å²) in [5.41, 5.74) is 2.44. The van der Waals surface area contributed by atoms with Crippen LogP contribution in [-0.2, 0) is 14.8 Å². The number of nitrogens with one attached hydrogen (secondary N) is 1. The smallest absolute Gasteiger partial charge is 0.244 e. The van der Waals surface area contributed by atoms with Crippen molar-refractivity contribution in [1.82, 2.24) is 5.32 Å². The van der Waals surface area contributed by atoms with E-state index in [9.17, 15) is 13.2 Å². The topological polar surface area (TPSA) is 75.7 Å². The Hall–Kier alpha value is -2.54. The summed E-state index contributed by atoms with van der Waals surface area (Å²) < 4.78 is 31.5. The van der Waals surface area contributed by atoms with E-state index in [0.717, 1.165) is 23.1 Å². The van der Waals surface area contributed by atoms with Crippen LogP contribution in [0.1, 0.15) is 43.9 Å². The third-order valence-electron chi connectivity index (χ3n) is 4.86. The van der Waals surface area contributed by atoms with Crippen LogP contribution in [0.5, 0.6) is 5.75 Å². The molecule has 1 amide bonds. The Bertz CT molecular complexity index is 909. The van der Waals surface area contributed by atoms with Gasteiger partial charge in [-0.3, -0.25) is 9.10 Å². The number of hydrogen-bond donors (Lipinski definition) is 1. The van der Waals surface area contributed by atoms with Gasteiger partial charge in [-0.05, 0) is 49.6 Å². The van der Waals surface area contributed by atoms with Gasteiger partial charge in [0.05, 0.1) is 25.1 Å². The summed E-state index contributed by atoms with van der Waals surface area (Å²) >= 11 is 0. The zero-order chi connectivity index (χ0) is 21.6. The van der Waals surface area contributed by atoms with E-state index in [1.54, 1.807) is 19.2 Å². The zero-order valence-corrected chi connectivity index (χ0v) is 18.5. The summed E-state index contributed by atoms with van der Waals surface area (Å²) in [5, 5.41) is 3.02. The number of methoxy groups -OCH3 is 1. The molecule has 7 heteroatoms. The fourth-order valence-corrected chi connectivity index (χ4v) is 4.49. The van der Waals surface area contributed by atoms with Crippen LogP contribution >= 0.6 is 0 Å². The van der Waals surface area contributed by atoms with Crippen molar-refractivity contribution in [1.29, 1.82) is 0 Å². The first-order chi connectivity index (χ1) is 13.7. The number of aryl methyl sites for hydroxylation is 1. The van der Waals surface area contributed by atoms with Crippen molar-refractivity contribution >= 4 is 21.6 Å². The van der Waals surface area contributed by atoms with Crippen molar-refractivity contribution < 1.29 is 17.9 Å². The van der Waals surface area contributed by atoms with E-state index in [4.69, 9.17) is 4.74 Å². The van der Waals surface area contributed by atoms with Crippen molar-refractivity contribution in [2.24, 2.45) is 0 Å². The Morgan fingerprint density at radius 1 is 1.03 bits per heavy atom. The number of nitrogens with zero attached hydrogens (tertiary/aromatic N) is 1. The van der Waals surface area contributed by atoms with Crippen LogP contribution in [-0.4, -0.2) is 33.7 Å². The molecule has 0 saturated carbocycles. The van der Waals surface area contributed by atoms with Crippen LogP contribution in [0.15, 0.2) is 48.5 Å². The molecule has 0 aromatic heterocycles. The highest BCUT2D eigenvalue weighted by Gasteiger charge is 2.32. The SMILES string of the molecule is CC[C@H](C(=O)N[C@H](CC)c1ccc(OC)cc1)N(c1ccc(C)cc1)S(C)(=O)=O. The standard InChI is InChI=1S/C22H30N2O4S/c1-6-20(17-10-14-19(28-4)15-11-17)23-22(25)21(7-2)24(29(5,26)27)18-12-8-16(3)9-13-18/h8-15,20-21H,6-7H2,1-5H3,(H,23,25)/t20-,21-/m1/s1. The molecule has 29 heavy (non-hydrogen) atoms. The Balaban J connectivity index is 2.30. The molecule has 0 aliphatic carbocycles. The highest BCUT2D eigenvalue weighted by Crippen LogP contribution is 2.25. The van der Waals surface area contributed by atoms with E-state index in [-0.39, 0.29) is 11.9 Å². The van der Waals surface area contributed by atoms with Gasteiger partial charge in [0.2, 0.25) is 15.9 Å². The Morgan fingerprint density at radius 3 is 2.07 bits per heavy atom. The third-order valence-corrected chi connectivity index (χ3v) is 6.04. The Labute approximate surface area is 173 Å². The molecule has 2 aromatic carbocycles. The van der Waals surface area contributed by atoms with Crippen molar-refractivity contribution in [3.05, 3.63) is 59.7 Å². The Morgan fingerprint density at radius 2 is 1.62 bits per heavy atom. The minimum atomic E-state index is -3.65. The molecule has 0 spiro atoms. The van der Waals surface area contributed by atoms with Crippen LogP contribution in [0, 0.1) is 6.92 Å². The predicted octanol–water partition coefficient (Wildman–Crippen LogP) is 3.82. The van der Waals surface area contributed by atoms with E-state index in [1.807, 2.05) is 57.2 Å². The number of ether oxygens (including phenoxy) is 1. The fourth-order valence-electron chi connectivity index (χ4n) is 3.28. The normalized spacial score (nSPS) is 13.4. The number of carbonyl (C=O) groups is 1. The van der Waals surface area contributed by atoms with Gasteiger partial charge in [0.15, 0.2) is 0 Å². The van der Waals surface area contributed by atoms with Gasteiger partial charge in [0.1, 0.15) is 11.8 Å². The molecule has 2 atom stereocenters. The number of rotatable bonds is 9. The van der Waals surface area contributed by atoms with Gasteiger partial charge >= 0.3 is 0 Å². The number of sulfonamides is 1. The highest BCUT2D eigenvalue weighted by molar-refractivity contribution is 7.92. The lowest BCUT2D eigenvalue weighted by molar-refractivity contribution is -0.123. The molecule has 158 valence electrons. The molecular weight excluding hydrogens is 388 g/mol. The molecule has 0 saturated heterocycles. The lowest BCUT2D eigenvalue weighted by Crippen LogP contribution is -2.50. The number of carbonyl (C=O) groups excluding carboxylic acids is 1. The number of amides is 1. The summed E-state index contributed by atoms with van der Waals surface area (Å²) in [6.07, 6.45) is 2.16. The maximum absolute atomic E-state index is 13.1. The summed E-state index contributed by atoms with van der Waals surface area (Å²) in [6.45, 7) is 5.72. The first-order valence-corrected chi connectivity index (χ1v) is 11.6. The van der Waals surface area contributed by atoms with E-state index < -0.39 is 16.1 Å². The molecule has 0 heterocycles. The van der Waals surface area contributed by atoms with Gasteiger partial charge in [-0.25, -0.2) is 8.42 Å². The van der Waals surface area contributed by atoms with Gasteiger partial charge in [-0.1, -0.05) is 43.7 Å². The van der Waals surface area contributed by atoms with Crippen molar-refractivity contribution in [3.8, 4) is 5.75 Å². The first-order valence-electron chi connectivity index (χ1n) is 9.71. The predicted molar refractivity (Wildman–Crippen MR) is 117 cm³/mol. The molecule has 0 radical (unpaired) electrons. The molecular formula is C22H30N2O4S. The molecule has 6 nitrogen and oxygen atoms in total. The number of anilines is 1. The Kier molecular flexibility index (Phi) is 7.67. The highest BCUT2D eigenvalue weighted by atomic mass is 32.2. The van der Waals surface area contributed by atoms with Gasteiger partial charge in [-0.2, -0.15) is 0 Å². The van der Waals surface area contributed by atoms with Crippen LogP contribution in [0.25, 0.3) is 0 Å². The van der Waals surface area contributed by atoms with Crippen LogP contribution in [0.2, 0.25) is 0 Å². The summed E-state index contributed by atoms with van der Waals surface area (Å²) in [4.78, 5) is 13.1. The van der Waals surface area contributed by atoms with Crippen LogP contribution in [0.4, 0.5) is 5.69 Å². The summed E-state index contributed by atoms with van der Waals surface area (Å²) in [5.74, 6) is 0.421. The second-order valence-electron chi connectivity index (χ2n) is 7.06. The van der Waals surface area contributed by atoms with E-state index in [0.29, 0.717) is 18.5 Å².